The molecule has 9 heteroatoms. The quantitative estimate of drug-likeness (QED) is 0.157. The Morgan fingerprint density at radius 2 is 1.14 bits per heavy atom. The summed E-state index contributed by atoms with van der Waals surface area (Å²) in [5.74, 6) is 1.52. The van der Waals surface area contributed by atoms with Crippen LogP contribution in [0.25, 0.3) is 66.5 Å². The molecule has 4 aromatic heterocycles. The number of rotatable bonds is 8. The molecule has 0 aliphatic heterocycles. The Morgan fingerprint density at radius 1 is 0.640 bits per heavy atom. The third-order valence-electron chi connectivity index (χ3n) is 8.53. The summed E-state index contributed by atoms with van der Waals surface area (Å²) in [5, 5.41) is 12.8. The van der Waals surface area contributed by atoms with E-state index >= 15 is 0 Å². The molecule has 0 amide bonds. The van der Waals surface area contributed by atoms with Crippen LogP contribution in [0.1, 0.15) is 37.8 Å². The first-order valence-corrected chi connectivity index (χ1v) is 16.3. The smallest absolute Gasteiger partial charge is 0.298 e. The number of carbonyl (C=O) groups is 1. The van der Waals surface area contributed by atoms with Gasteiger partial charge in [-0.05, 0) is 60.4 Å². The summed E-state index contributed by atoms with van der Waals surface area (Å²) in [6, 6.07) is 25.4. The largest absolute Gasteiger partial charge is 0.508 e. The number of aryl methyl sites for hydroxylation is 2. The lowest BCUT2D eigenvalue weighted by molar-refractivity contribution is -0.120. The number of benzene rings is 4. The van der Waals surface area contributed by atoms with Gasteiger partial charge in [0.15, 0.2) is 0 Å². The van der Waals surface area contributed by atoms with Gasteiger partial charge in [0.2, 0.25) is 10.9 Å². The highest BCUT2D eigenvalue weighted by Gasteiger charge is 2.17. The first kappa shape index (κ1) is 32.2. The zero-order chi connectivity index (χ0) is 34.8. The zero-order valence-electron chi connectivity index (χ0n) is 27.4. The minimum Gasteiger partial charge on any atom is -0.508 e. The van der Waals surface area contributed by atoms with Gasteiger partial charge < -0.3 is 27.5 Å². The molecule has 0 spiro atoms. The standard InChI is InChI=1S/C21H16O5.C20H16O4/c1-2-5-13-8-15-19(10-18(13)25-12-22)24-11-16(21(15)23)20-9-14-6-3-4-7-17(14)26-20;1-2-5-12-8-14-18(10-16(12)21)23-11-15(20(14)22)19-9-13-6-3-4-7-17(13)24-19/h3-4,6-12H,2,5H2,1H3;3-4,6-11,21H,2,5H2,1H3. The molecule has 0 bridgehead atoms. The fourth-order valence-electron chi connectivity index (χ4n) is 6.08. The fourth-order valence-corrected chi connectivity index (χ4v) is 6.08. The number of hydrogen-bond donors (Lipinski definition) is 1. The SMILES string of the molecule is CCCc1cc2c(=O)c(-c3cc4ccccc4o3)coc2cc1O.CCCc1cc2c(=O)c(-c3cc4ccccc4o3)coc2cc1OC=O. The van der Waals surface area contributed by atoms with E-state index in [1.165, 1.54) is 18.6 Å². The Kier molecular flexibility index (Phi) is 8.79. The second kappa shape index (κ2) is 13.6. The Hall–Kier alpha value is -6.35. The van der Waals surface area contributed by atoms with Gasteiger partial charge in [-0.15, -0.1) is 0 Å². The molecule has 250 valence electrons. The number of fused-ring (bicyclic) bond motifs is 4. The van der Waals surface area contributed by atoms with Gasteiger partial charge in [-0.25, -0.2) is 0 Å². The molecule has 0 fully saturated rings. The van der Waals surface area contributed by atoms with Crippen molar-refractivity contribution in [1.29, 1.82) is 0 Å². The van der Waals surface area contributed by atoms with Crippen molar-refractivity contribution in [2.45, 2.75) is 39.5 Å². The van der Waals surface area contributed by atoms with Crippen molar-refractivity contribution in [2.24, 2.45) is 0 Å². The van der Waals surface area contributed by atoms with E-state index in [2.05, 4.69) is 0 Å². The molecule has 0 radical (unpaired) electrons. The van der Waals surface area contributed by atoms with Crippen LogP contribution in [0, 0.1) is 0 Å². The number of hydrogen-bond acceptors (Lipinski definition) is 9. The first-order valence-electron chi connectivity index (χ1n) is 16.3. The monoisotopic (exact) mass is 668 g/mol. The van der Waals surface area contributed by atoms with E-state index in [0.717, 1.165) is 40.3 Å². The normalized spacial score (nSPS) is 11.2. The highest BCUT2D eigenvalue weighted by molar-refractivity contribution is 5.88. The number of para-hydroxylation sites is 2. The van der Waals surface area contributed by atoms with E-state index < -0.39 is 0 Å². The molecule has 0 saturated carbocycles. The molecule has 4 aromatic carbocycles. The maximum atomic E-state index is 13.0. The van der Waals surface area contributed by atoms with Gasteiger partial charge >= 0.3 is 0 Å². The lowest BCUT2D eigenvalue weighted by Gasteiger charge is -2.08. The van der Waals surface area contributed by atoms with Crippen LogP contribution in [0.2, 0.25) is 0 Å². The van der Waals surface area contributed by atoms with E-state index in [-0.39, 0.29) is 16.6 Å². The van der Waals surface area contributed by atoms with E-state index in [1.54, 1.807) is 18.2 Å². The molecule has 8 rings (SSSR count). The molecular weight excluding hydrogens is 636 g/mol. The molecule has 0 saturated heterocycles. The number of phenols is 1. The van der Waals surface area contributed by atoms with Gasteiger partial charge in [-0.1, -0.05) is 63.1 Å². The van der Waals surface area contributed by atoms with Gasteiger partial charge in [0.25, 0.3) is 6.47 Å². The molecule has 1 N–H and O–H groups in total. The maximum Gasteiger partial charge on any atom is 0.298 e. The molecular formula is C41H32O9. The Labute approximate surface area is 284 Å². The van der Waals surface area contributed by atoms with Crippen LogP contribution < -0.4 is 15.6 Å². The summed E-state index contributed by atoms with van der Waals surface area (Å²) in [6.45, 7) is 4.42. The van der Waals surface area contributed by atoms with Crippen molar-refractivity contribution in [3.8, 4) is 34.1 Å². The molecule has 0 unspecified atom stereocenters. The van der Waals surface area contributed by atoms with Crippen molar-refractivity contribution in [3.63, 3.8) is 0 Å². The number of carbonyl (C=O) groups excluding carboxylic acids is 1. The molecule has 9 nitrogen and oxygen atoms in total. The van der Waals surface area contributed by atoms with Crippen molar-refractivity contribution < 1.29 is 32.3 Å². The minimum atomic E-state index is -0.180. The van der Waals surface area contributed by atoms with Gasteiger partial charge in [0.1, 0.15) is 69.0 Å². The molecule has 0 aliphatic carbocycles. The first-order chi connectivity index (χ1) is 24.4. The summed E-state index contributed by atoms with van der Waals surface area (Å²) in [7, 11) is 0. The summed E-state index contributed by atoms with van der Waals surface area (Å²) in [6.07, 6.45) is 5.90. The number of furan rings is 2. The third-order valence-corrected chi connectivity index (χ3v) is 8.53. The van der Waals surface area contributed by atoms with Crippen LogP contribution in [0.3, 0.4) is 0 Å². The van der Waals surface area contributed by atoms with Gasteiger partial charge in [0, 0.05) is 22.9 Å². The number of aromatic hydroxyl groups is 1. The highest BCUT2D eigenvalue weighted by Crippen LogP contribution is 2.31. The molecule has 50 heavy (non-hydrogen) atoms. The summed E-state index contributed by atoms with van der Waals surface area (Å²) >= 11 is 0. The second-order valence-electron chi connectivity index (χ2n) is 11.9. The number of phenolic OH excluding ortho intramolecular Hbond substituents is 1. The predicted molar refractivity (Wildman–Crippen MR) is 192 cm³/mol. The van der Waals surface area contributed by atoms with Gasteiger partial charge in [-0.3, -0.25) is 14.4 Å². The van der Waals surface area contributed by atoms with Crippen molar-refractivity contribution in [3.05, 3.63) is 129 Å². The minimum absolute atomic E-state index is 0.156. The Morgan fingerprint density at radius 3 is 1.66 bits per heavy atom. The average molecular weight is 669 g/mol. The van der Waals surface area contributed by atoms with Gasteiger partial charge in [0.05, 0.1) is 10.8 Å². The summed E-state index contributed by atoms with van der Waals surface area (Å²) in [5.41, 5.74) is 4.12. The van der Waals surface area contributed by atoms with E-state index in [9.17, 15) is 19.5 Å². The molecule has 8 aromatic rings. The Balaban J connectivity index is 0.000000157. The van der Waals surface area contributed by atoms with Crippen molar-refractivity contribution >= 4 is 50.3 Å². The lowest BCUT2D eigenvalue weighted by atomic mass is 10.0. The molecule has 0 atom stereocenters. The number of ether oxygens (including phenoxy) is 1. The third kappa shape index (κ3) is 6.05. The average Bonchev–Trinajstić information content (AvgIpc) is 3.75. The van der Waals surface area contributed by atoms with Crippen LogP contribution in [0.5, 0.6) is 11.5 Å². The topological polar surface area (TPSA) is 133 Å². The van der Waals surface area contributed by atoms with Crippen LogP contribution >= 0.6 is 0 Å². The van der Waals surface area contributed by atoms with Crippen molar-refractivity contribution in [1.82, 2.24) is 0 Å². The van der Waals surface area contributed by atoms with Crippen molar-refractivity contribution in [2.75, 3.05) is 0 Å². The van der Waals surface area contributed by atoms with E-state index in [1.807, 2.05) is 74.5 Å². The highest BCUT2D eigenvalue weighted by atomic mass is 16.5. The lowest BCUT2D eigenvalue weighted by Crippen LogP contribution is -2.06. The predicted octanol–water partition coefficient (Wildman–Crippen LogP) is 9.56. The van der Waals surface area contributed by atoms with E-state index in [0.29, 0.717) is 75.2 Å². The zero-order valence-corrected chi connectivity index (χ0v) is 27.4. The summed E-state index contributed by atoms with van der Waals surface area (Å²) < 4.78 is 27.8. The van der Waals surface area contributed by atoms with Gasteiger partial charge in [-0.2, -0.15) is 0 Å². The molecule has 4 heterocycles. The fraction of sp³-hybridized carbons (Fsp3) is 0.146. The van der Waals surface area contributed by atoms with Crippen LogP contribution in [0.4, 0.5) is 0 Å². The van der Waals surface area contributed by atoms with Crippen LogP contribution in [0.15, 0.2) is 125 Å². The second-order valence-corrected chi connectivity index (χ2v) is 11.9. The van der Waals surface area contributed by atoms with Crippen LogP contribution in [-0.4, -0.2) is 11.6 Å². The molecule has 0 aliphatic rings. The summed E-state index contributed by atoms with van der Waals surface area (Å²) in [4.78, 5) is 36.6. The Bertz CT molecular complexity index is 2570. The van der Waals surface area contributed by atoms with Crippen LogP contribution in [-0.2, 0) is 17.6 Å². The van der Waals surface area contributed by atoms with E-state index in [4.69, 9.17) is 22.4 Å². The maximum absolute atomic E-state index is 13.0.